The summed E-state index contributed by atoms with van der Waals surface area (Å²) in [5.41, 5.74) is 0.976. The monoisotopic (exact) mass is 453 g/mol. The molecular formula is C21H20ClN7O3. The van der Waals surface area contributed by atoms with Crippen molar-refractivity contribution in [2.45, 2.75) is 12.5 Å². The third kappa shape index (κ3) is 2.82. The Hall–Kier alpha value is -3.40. The van der Waals surface area contributed by atoms with Gasteiger partial charge in [-0.3, -0.25) is 13.9 Å². The normalized spacial score (nSPS) is 22.0. The molecule has 1 saturated carbocycles. The van der Waals surface area contributed by atoms with Crippen LogP contribution in [0.1, 0.15) is 17.6 Å². The van der Waals surface area contributed by atoms with Crippen LogP contribution in [0.3, 0.4) is 0 Å². The first-order chi connectivity index (χ1) is 15.4. The highest BCUT2D eigenvalue weighted by molar-refractivity contribution is 6.30. The van der Waals surface area contributed by atoms with Crippen LogP contribution in [0.25, 0.3) is 11.2 Å². The summed E-state index contributed by atoms with van der Waals surface area (Å²) in [6.45, 7) is 2.10. The van der Waals surface area contributed by atoms with Crippen molar-refractivity contribution in [3.8, 4) is 0 Å². The van der Waals surface area contributed by atoms with E-state index in [9.17, 15) is 9.59 Å². The molecule has 1 aliphatic heterocycles. The lowest BCUT2D eigenvalue weighted by atomic mass is 10.2. The van der Waals surface area contributed by atoms with Crippen LogP contribution in [0.4, 0.5) is 5.69 Å². The average molecular weight is 454 g/mol. The second kappa shape index (κ2) is 6.80. The Morgan fingerprint density at radius 3 is 2.69 bits per heavy atom. The van der Waals surface area contributed by atoms with E-state index in [4.69, 9.17) is 16.1 Å². The van der Waals surface area contributed by atoms with Gasteiger partial charge in [0.25, 0.3) is 5.56 Å². The maximum absolute atomic E-state index is 12.6. The molecule has 1 unspecified atom stereocenters. The van der Waals surface area contributed by atoms with Crippen LogP contribution in [-0.4, -0.2) is 41.9 Å². The number of aryl methyl sites for hydroxylation is 1. The van der Waals surface area contributed by atoms with Gasteiger partial charge < -0.3 is 14.0 Å². The van der Waals surface area contributed by atoms with Crippen LogP contribution in [0.5, 0.6) is 0 Å². The van der Waals surface area contributed by atoms with Crippen LogP contribution in [0, 0.1) is 11.8 Å². The van der Waals surface area contributed by atoms with E-state index in [1.54, 1.807) is 11.6 Å². The van der Waals surface area contributed by atoms with Crippen molar-refractivity contribution < 1.29 is 4.52 Å². The number of hydrogen-bond acceptors (Lipinski definition) is 7. The average Bonchev–Trinajstić information content (AvgIpc) is 3.23. The second-order valence-electron chi connectivity index (χ2n) is 8.54. The summed E-state index contributed by atoms with van der Waals surface area (Å²) in [5, 5.41) is 4.95. The van der Waals surface area contributed by atoms with E-state index < -0.39 is 11.2 Å². The summed E-state index contributed by atoms with van der Waals surface area (Å²) in [4.78, 5) is 35.9. The summed E-state index contributed by atoms with van der Waals surface area (Å²) >= 11 is 6.12. The molecule has 164 valence electrons. The molecule has 1 saturated heterocycles. The molecule has 32 heavy (non-hydrogen) atoms. The highest BCUT2D eigenvalue weighted by atomic mass is 35.5. The quantitative estimate of drug-likeness (QED) is 0.459. The Kier molecular flexibility index (Phi) is 4.10. The van der Waals surface area contributed by atoms with Crippen molar-refractivity contribution >= 4 is 28.5 Å². The first kappa shape index (κ1) is 19.3. The number of fused-ring (bicyclic) bond motifs is 2. The first-order valence-electron chi connectivity index (χ1n) is 10.4. The molecule has 10 nitrogen and oxygen atoms in total. The number of piperidine rings is 1. The molecule has 3 atom stereocenters. The number of hydrogen-bond donors (Lipinski definition) is 0. The van der Waals surface area contributed by atoms with E-state index in [2.05, 4.69) is 26.1 Å². The molecule has 4 aromatic rings. The van der Waals surface area contributed by atoms with Gasteiger partial charge in [0, 0.05) is 43.8 Å². The van der Waals surface area contributed by atoms with Gasteiger partial charge >= 0.3 is 5.69 Å². The first-order valence-corrected chi connectivity index (χ1v) is 10.7. The highest BCUT2D eigenvalue weighted by Gasteiger charge is 2.58. The Morgan fingerprint density at radius 1 is 1.16 bits per heavy atom. The lowest BCUT2D eigenvalue weighted by molar-refractivity contribution is 0.366. The Morgan fingerprint density at radius 2 is 1.94 bits per heavy atom. The minimum Gasteiger partial charge on any atom is -0.371 e. The fraction of sp³-hybridized carbons (Fsp3) is 0.381. The summed E-state index contributed by atoms with van der Waals surface area (Å²) in [5.74, 6) is 2.40. The number of aromatic nitrogens is 6. The Labute approximate surface area is 186 Å². The number of rotatable bonds is 4. The number of anilines is 1. The van der Waals surface area contributed by atoms with Crippen molar-refractivity contribution in [2.24, 2.45) is 25.9 Å². The van der Waals surface area contributed by atoms with E-state index in [-0.39, 0.29) is 12.5 Å². The molecule has 1 aromatic carbocycles. The van der Waals surface area contributed by atoms with Crippen LogP contribution in [0.15, 0.2) is 44.7 Å². The molecule has 0 N–H and O–H groups in total. The topological polar surface area (TPSA) is 104 Å². The smallest absolute Gasteiger partial charge is 0.332 e. The van der Waals surface area contributed by atoms with Crippen LogP contribution in [0.2, 0.25) is 5.02 Å². The molecule has 2 aliphatic rings. The Bertz CT molecular complexity index is 1470. The van der Waals surface area contributed by atoms with E-state index in [1.807, 2.05) is 18.2 Å². The predicted octanol–water partition coefficient (Wildman–Crippen LogP) is 1.37. The van der Waals surface area contributed by atoms with Crippen molar-refractivity contribution in [2.75, 3.05) is 18.0 Å². The van der Waals surface area contributed by atoms with Crippen molar-refractivity contribution in [1.82, 2.24) is 28.8 Å². The summed E-state index contributed by atoms with van der Waals surface area (Å²) < 4.78 is 9.55. The van der Waals surface area contributed by atoms with E-state index in [0.717, 1.165) is 28.4 Å². The van der Waals surface area contributed by atoms with Gasteiger partial charge in [-0.15, -0.1) is 0 Å². The van der Waals surface area contributed by atoms with Gasteiger partial charge in [0.1, 0.15) is 6.54 Å². The summed E-state index contributed by atoms with van der Waals surface area (Å²) in [7, 11) is 3.04. The van der Waals surface area contributed by atoms with Crippen molar-refractivity contribution in [1.29, 1.82) is 0 Å². The molecule has 1 aliphatic carbocycles. The van der Waals surface area contributed by atoms with Gasteiger partial charge in [0.05, 0.1) is 6.33 Å². The highest BCUT2D eigenvalue weighted by Crippen LogP contribution is 2.58. The van der Waals surface area contributed by atoms with Gasteiger partial charge in [0.15, 0.2) is 17.0 Å². The molecule has 0 spiro atoms. The zero-order chi connectivity index (χ0) is 22.1. The second-order valence-corrected chi connectivity index (χ2v) is 8.97. The molecule has 3 aromatic heterocycles. The maximum atomic E-state index is 12.6. The predicted molar refractivity (Wildman–Crippen MR) is 117 cm³/mol. The molecule has 0 bridgehead atoms. The lowest BCUT2D eigenvalue weighted by Crippen LogP contribution is -2.37. The maximum Gasteiger partial charge on any atom is 0.332 e. The fourth-order valence-corrected chi connectivity index (χ4v) is 5.11. The molecular weight excluding hydrogens is 434 g/mol. The molecule has 4 heterocycles. The molecule has 0 amide bonds. The molecule has 0 radical (unpaired) electrons. The zero-order valence-corrected chi connectivity index (χ0v) is 18.2. The lowest BCUT2D eigenvalue weighted by Gasteiger charge is -2.21. The number of imidazole rings is 1. The SMILES string of the molecule is Cn1c(=O)c2c(ncn2Cc2nc(C3[C@H]4CN(c5cccc(Cl)c5)C[C@@H]34)no2)n(C)c1=O. The Balaban J connectivity index is 1.20. The number of benzene rings is 1. The third-order valence-electron chi connectivity index (χ3n) is 6.67. The van der Waals surface area contributed by atoms with Gasteiger partial charge in [-0.1, -0.05) is 22.8 Å². The van der Waals surface area contributed by atoms with Crippen molar-refractivity contribution in [3.05, 3.63) is 68.2 Å². The standard InChI is InChI=1S/C21H20ClN7O3/c1-26-19-17(20(30)27(2)21(26)31)29(10-23-19)9-15-24-18(25-32-15)16-13-7-28(8-14(13)16)12-5-3-4-11(22)6-12/h3-6,10,13-14,16H,7-9H2,1-2H3/t13-,14+,16?. The van der Waals surface area contributed by atoms with E-state index in [1.165, 1.54) is 17.9 Å². The number of halogens is 1. The minimum atomic E-state index is -0.417. The van der Waals surface area contributed by atoms with E-state index in [0.29, 0.717) is 34.7 Å². The molecule has 11 heteroatoms. The third-order valence-corrected chi connectivity index (χ3v) is 6.91. The molecule has 2 fully saturated rings. The van der Waals surface area contributed by atoms with E-state index >= 15 is 0 Å². The van der Waals surface area contributed by atoms with Gasteiger partial charge in [-0.25, -0.2) is 9.78 Å². The fourth-order valence-electron chi connectivity index (χ4n) is 4.92. The van der Waals surface area contributed by atoms with Crippen molar-refractivity contribution in [3.63, 3.8) is 0 Å². The van der Waals surface area contributed by atoms with Gasteiger partial charge in [0.2, 0.25) is 5.89 Å². The minimum absolute atomic E-state index is 0.216. The summed E-state index contributed by atoms with van der Waals surface area (Å²) in [6, 6.07) is 7.91. The zero-order valence-electron chi connectivity index (χ0n) is 17.5. The molecule has 6 rings (SSSR count). The van der Waals surface area contributed by atoms with Gasteiger partial charge in [-0.05, 0) is 30.0 Å². The summed E-state index contributed by atoms with van der Waals surface area (Å²) in [6.07, 6.45) is 1.52. The van der Waals surface area contributed by atoms with Crippen LogP contribution >= 0.6 is 11.6 Å². The van der Waals surface area contributed by atoms with Crippen LogP contribution in [-0.2, 0) is 20.6 Å². The number of nitrogens with zero attached hydrogens (tertiary/aromatic N) is 7. The van der Waals surface area contributed by atoms with Gasteiger partial charge in [-0.2, -0.15) is 4.98 Å². The van der Waals surface area contributed by atoms with Crippen LogP contribution < -0.4 is 16.1 Å². The largest absolute Gasteiger partial charge is 0.371 e.